The second-order valence-corrected chi connectivity index (χ2v) is 4.19. The Morgan fingerprint density at radius 1 is 1.62 bits per heavy atom. The van der Waals surface area contributed by atoms with Gasteiger partial charge in [-0.2, -0.15) is 4.98 Å². The van der Waals surface area contributed by atoms with Crippen molar-refractivity contribution < 1.29 is 4.52 Å². The van der Waals surface area contributed by atoms with Crippen molar-refractivity contribution in [2.24, 2.45) is 0 Å². The van der Waals surface area contributed by atoms with Crippen molar-refractivity contribution in [3.05, 3.63) is 17.0 Å². The van der Waals surface area contributed by atoms with Gasteiger partial charge < -0.3 is 4.52 Å². The van der Waals surface area contributed by atoms with E-state index >= 15 is 0 Å². The van der Waals surface area contributed by atoms with Crippen molar-refractivity contribution in [1.82, 2.24) is 15.1 Å². The zero-order valence-corrected chi connectivity index (χ0v) is 9.22. The molecule has 0 aliphatic rings. The average molecular weight is 260 g/mol. The minimum absolute atomic E-state index is 0.542. The molecule has 13 heavy (non-hydrogen) atoms. The Hall–Kier alpha value is -0.750. The smallest absolute Gasteiger partial charge is 0.269 e. The standard InChI is InChI=1S/C7H6BrN3OS/c1-4-9-3-5(13-4)7-10-6(2-8)11-12-7/h3H,2H2,1H3. The SMILES string of the molecule is Cc1ncc(-c2nc(CBr)no2)s1. The molecule has 0 N–H and O–H groups in total. The quantitative estimate of drug-likeness (QED) is 0.778. The Bertz CT molecular complexity index is 411. The van der Waals surface area contributed by atoms with Gasteiger partial charge in [-0.05, 0) is 6.92 Å². The third kappa shape index (κ3) is 1.78. The lowest BCUT2D eigenvalue weighted by Gasteiger charge is -1.81. The lowest BCUT2D eigenvalue weighted by molar-refractivity contribution is 0.426. The van der Waals surface area contributed by atoms with Gasteiger partial charge in [0, 0.05) is 0 Å². The van der Waals surface area contributed by atoms with Crippen LogP contribution in [0, 0.1) is 6.92 Å². The maximum Gasteiger partial charge on any atom is 0.269 e. The lowest BCUT2D eigenvalue weighted by Crippen LogP contribution is -1.78. The number of hydrogen-bond acceptors (Lipinski definition) is 5. The molecule has 2 aromatic heterocycles. The topological polar surface area (TPSA) is 51.8 Å². The molecule has 0 atom stereocenters. The van der Waals surface area contributed by atoms with E-state index < -0.39 is 0 Å². The van der Waals surface area contributed by atoms with Gasteiger partial charge in [-0.25, -0.2) is 4.98 Å². The Balaban J connectivity index is 2.35. The summed E-state index contributed by atoms with van der Waals surface area (Å²) in [7, 11) is 0. The van der Waals surface area contributed by atoms with Crippen molar-refractivity contribution in [3.63, 3.8) is 0 Å². The normalized spacial score (nSPS) is 10.6. The van der Waals surface area contributed by atoms with Crippen molar-refractivity contribution >= 4 is 27.3 Å². The van der Waals surface area contributed by atoms with Crippen LogP contribution in [-0.2, 0) is 5.33 Å². The number of thiazole rings is 1. The summed E-state index contributed by atoms with van der Waals surface area (Å²) in [5.74, 6) is 1.20. The molecule has 4 nitrogen and oxygen atoms in total. The first-order valence-corrected chi connectivity index (χ1v) is 5.55. The molecular weight excluding hydrogens is 254 g/mol. The van der Waals surface area contributed by atoms with Crippen LogP contribution in [0.3, 0.4) is 0 Å². The molecule has 0 spiro atoms. The predicted octanol–water partition coefficient (Wildman–Crippen LogP) is 2.40. The summed E-state index contributed by atoms with van der Waals surface area (Å²) >= 11 is 4.79. The van der Waals surface area contributed by atoms with Gasteiger partial charge in [-0.15, -0.1) is 11.3 Å². The van der Waals surface area contributed by atoms with Gasteiger partial charge in [0.25, 0.3) is 5.89 Å². The Morgan fingerprint density at radius 3 is 3.00 bits per heavy atom. The third-order valence-electron chi connectivity index (χ3n) is 1.42. The highest BCUT2D eigenvalue weighted by Crippen LogP contribution is 2.23. The van der Waals surface area contributed by atoms with Crippen molar-refractivity contribution in [1.29, 1.82) is 0 Å². The summed E-state index contributed by atoms with van der Waals surface area (Å²) < 4.78 is 5.03. The van der Waals surface area contributed by atoms with Crippen LogP contribution in [0.25, 0.3) is 10.8 Å². The first-order valence-electron chi connectivity index (χ1n) is 3.61. The lowest BCUT2D eigenvalue weighted by atomic mass is 10.5. The van der Waals surface area contributed by atoms with E-state index in [9.17, 15) is 0 Å². The number of aromatic nitrogens is 3. The van der Waals surface area contributed by atoms with Crippen molar-refractivity contribution in [3.8, 4) is 10.8 Å². The zero-order valence-electron chi connectivity index (χ0n) is 6.82. The molecule has 0 fully saturated rings. The van der Waals surface area contributed by atoms with Crippen molar-refractivity contribution in [2.75, 3.05) is 0 Å². The summed E-state index contributed by atoms with van der Waals surface area (Å²) in [4.78, 5) is 9.18. The predicted molar refractivity (Wildman–Crippen MR) is 52.8 cm³/mol. The number of rotatable bonds is 2. The van der Waals surface area contributed by atoms with E-state index in [1.54, 1.807) is 17.5 Å². The van der Waals surface area contributed by atoms with E-state index in [0.29, 0.717) is 17.0 Å². The average Bonchev–Trinajstić information content (AvgIpc) is 2.71. The highest BCUT2D eigenvalue weighted by molar-refractivity contribution is 9.08. The first-order chi connectivity index (χ1) is 6.29. The van der Waals surface area contributed by atoms with Gasteiger partial charge in [-0.1, -0.05) is 21.1 Å². The summed E-state index contributed by atoms with van der Waals surface area (Å²) in [6, 6.07) is 0. The summed E-state index contributed by atoms with van der Waals surface area (Å²) in [6.07, 6.45) is 1.74. The molecule has 0 saturated heterocycles. The molecule has 0 saturated carbocycles. The molecule has 2 rings (SSSR count). The second-order valence-electron chi connectivity index (χ2n) is 2.39. The number of nitrogens with zero attached hydrogens (tertiary/aromatic N) is 3. The van der Waals surface area contributed by atoms with E-state index in [2.05, 4.69) is 31.1 Å². The molecule has 2 aromatic rings. The molecule has 0 amide bonds. The van der Waals surface area contributed by atoms with Gasteiger partial charge in [0.1, 0.15) is 4.88 Å². The third-order valence-corrected chi connectivity index (χ3v) is 2.82. The summed E-state index contributed by atoms with van der Waals surface area (Å²) in [6.45, 7) is 1.94. The van der Waals surface area contributed by atoms with Gasteiger partial charge in [-0.3, -0.25) is 0 Å². The fraction of sp³-hybridized carbons (Fsp3) is 0.286. The fourth-order valence-electron chi connectivity index (χ4n) is 0.869. The summed E-state index contributed by atoms with van der Waals surface area (Å²) in [5, 5.41) is 5.37. The molecule has 6 heteroatoms. The minimum Gasteiger partial charge on any atom is -0.333 e. The molecule has 0 unspecified atom stereocenters. The van der Waals surface area contributed by atoms with Crippen LogP contribution in [0.15, 0.2) is 10.7 Å². The molecule has 0 aromatic carbocycles. The minimum atomic E-state index is 0.542. The molecule has 0 radical (unpaired) electrons. The van der Waals surface area contributed by atoms with Crippen LogP contribution < -0.4 is 0 Å². The fourth-order valence-corrected chi connectivity index (χ4v) is 1.80. The second kappa shape index (κ2) is 3.55. The number of halogens is 1. The number of aryl methyl sites for hydroxylation is 1. The number of hydrogen-bond donors (Lipinski definition) is 0. The molecule has 0 bridgehead atoms. The largest absolute Gasteiger partial charge is 0.333 e. The van der Waals surface area contributed by atoms with Gasteiger partial charge in [0.2, 0.25) is 0 Å². The molecule has 0 aliphatic carbocycles. The van der Waals surface area contributed by atoms with Crippen LogP contribution in [0.2, 0.25) is 0 Å². The highest BCUT2D eigenvalue weighted by Gasteiger charge is 2.09. The van der Waals surface area contributed by atoms with E-state index in [1.165, 1.54) is 0 Å². The van der Waals surface area contributed by atoms with Gasteiger partial charge in [0.15, 0.2) is 5.82 Å². The Labute approximate surface area is 87.1 Å². The zero-order chi connectivity index (χ0) is 9.26. The van der Waals surface area contributed by atoms with Crippen molar-refractivity contribution in [2.45, 2.75) is 12.3 Å². The maximum atomic E-state index is 5.03. The molecular formula is C7H6BrN3OS. The van der Waals surface area contributed by atoms with Crippen LogP contribution >= 0.6 is 27.3 Å². The van der Waals surface area contributed by atoms with Crippen LogP contribution in [-0.4, -0.2) is 15.1 Å². The number of alkyl halides is 1. The van der Waals surface area contributed by atoms with E-state index in [0.717, 1.165) is 9.88 Å². The first kappa shape index (κ1) is 8.83. The molecule has 0 aliphatic heterocycles. The van der Waals surface area contributed by atoms with Crippen LogP contribution in [0.1, 0.15) is 10.8 Å². The van der Waals surface area contributed by atoms with E-state index in [-0.39, 0.29) is 0 Å². The maximum absolute atomic E-state index is 5.03. The van der Waals surface area contributed by atoms with Crippen LogP contribution in [0.4, 0.5) is 0 Å². The summed E-state index contributed by atoms with van der Waals surface area (Å²) in [5.41, 5.74) is 0. The van der Waals surface area contributed by atoms with Gasteiger partial charge >= 0.3 is 0 Å². The monoisotopic (exact) mass is 259 g/mol. The van der Waals surface area contributed by atoms with Crippen LogP contribution in [0.5, 0.6) is 0 Å². The van der Waals surface area contributed by atoms with Gasteiger partial charge in [0.05, 0.1) is 16.5 Å². The van der Waals surface area contributed by atoms with E-state index in [4.69, 9.17) is 4.52 Å². The Kier molecular flexibility index (Phi) is 2.41. The molecule has 68 valence electrons. The molecule has 2 heterocycles. The Morgan fingerprint density at radius 2 is 2.46 bits per heavy atom. The highest BCUT2D eigenvalue weighted by atomic mass is 79.9. The van der Waals surface area contributed by atoms with E-state index in [1.807, 2.05) is 6.92 Å².